The number of hydrogen-bond acceptors (Lipinski definition) is 2. The van der Waals surface area contributed by atoms with E-state index >= 15 is 0 Å². The van der Waals surface area contributed by atoms with Crippen molar-refractivity contribution in [3.8, 4) is 0 Å². The summed E-state index contributed by atoms with van der Waals surface area (Å²) in [5, 5.41) is 0.798. The standard InChI is InChI=1S/C11H16BrNO2/c1-3-10-9(5-8-15-10)11(14)13(4-2)7-6-12/h5,8H,3-4,6-7H2,1-2H3. The fourth-order valence-corrected chi connectivity index (χ4v) is 1.91. The van der Waals surface area contributed by atoms with Crippen LogP contribution in [0.5, 0.6) is 0 Å². The molecule has 0 aliphatic rings. The van der Waals surface area contributed by atoms with Crippen LogP contribution < -0.4 is 0 Å². The van der Waals surface area contributed by atoms with Crippen LogP contribution in [-0.4, -0.2) is 29.2 Å². The van der Waals surface area contributed by atoms with Gasteiger partial charge in [0.15, 0.2) is 0 Å². The van der Waals surface area contributed by atoms with E-state index < -0.39 is 0 Å². The van der Waals surface area contributed by atoms with Crippen molar-refractivity contribution in [2.24, 2.45) is 0 Å². The summed E-state index contributed by atoms with van der Waals surface area (Å²) >= 11 is 3.34. The molecule has 0 aliphatic carbocycles. The van der Waals surface area contributed by atoms with Crippen molar-refractivity contribution in [2.75, 3.05) is 18.4 Å². The molecule has 0 fully saturated rings. The van der Waals surface area contributed by atoms with Crippen LogP contribution in [0, 0.1) is 0 Å². The van der Waals surface area contributed by atoms with Gasteiger partial charge in [-0.1, -0.05) is 22.9 Å². The quantitative estimate of drug-likeness (QED) is 0.773. The summed E-state index contributed by atoms with van der Waals surface area (Å²) in [5.41, 5.74) is 0.695. The lowest BCUT2D eigenvalue weighted by Gasteiger charge is -2.19. The van der Waals surface area contributed by atoms with Gasteiger partial charge in [0.1, 0.15) is 5.76 Å². The molecule has 3 nitrogen and oxygen atoms in total. The molecule has 1 heterocycles. The number of halogens is 1. The highest BCUT2D eigenvalue weighted by atomic mass is 79.9. The van der Waals surface area contributed by atoms with Crippen LogP contribution in [0.2, 0.25) is 0 Å². The topological polar surface area (TPSA) is 33.5 Å². The molecule has 15 heavy (non-hydrogen) atoms. The predicted octanol–water partition coefficient (Wildman–Crippen LogP) is 2.70. The Morgan fingerprint density at radius 1 is 1.53 bits per heavy atom. The second-order valence-electron chi connectivity index (χ2n) is 3.18. The van der Waals surface area contributed by atoms with E-state index in [1.165, 1.54) is 0 Å². The zero-order valence-electron chi connectivity index (χ0n) is 9.12. The Morgan fingerprint density at radius 2 is 2.27 bits per heavy atom. The minimum Gasteiger partial charge on any atom is -0.469 e. The zero-order chi connectivity index (χ0) is 11.3. The molecule has 0 saturated carbocycles. The Balaban J connectivity index is 2.82. The molecule has 0 N–H and O–H groups in total. The normalized spacial score (nSPS) is 10.3. The fraction of sp³-hybridized carbons (Fsp3) is 0.545. The monoisotopic (exact) mass is 273 g/mol. The van der Waals surface area contributed by atoms with Crippen molar-refractivity contribution in [1.82, 2.24) is 4.90 Å². The van der Waals surface area contributed by atoms with Crippen LogP contribution in [-0.2, 0) is 6.42 Å². The summed E-state index contributed by atoms with van der Waals surface area (Å²) in [6.45, 7) is 5.41. The first-order valence-corrected chi connectivity index (χ1v) is 6.28. The SMILES string of the molecule is CCc1occc1C(=O)N(CC)CCBr. The lowest BCUT2D eigenvalue weighted by Crippen LogP contribution is -2.32. The van der Waals surface area contributed by atoms with E-state index in [0.29, 0.717) is 5.56 Å². The minimum absolute atomic E-state index is 0.0579. The van der Waals surface area contributed by atoms with E-state index in [1.54, 1.807) is 17.2 Å². The van der Waals surface area contributed by atoms with Crippen molar-refractivity contribution in [2.45, 2.75) is 20.3 Å². The molecule has 1 rings (SSSR count). The van der Waals surface area contributed by atoms with Crippen molar-refractivity contribution in [1.29, 1.82) is 0 Å². The highest BCUT2D eigenvalue weighted by Crippen LogP contribution is 2.14. The molecule has 0 bridgehead atoms. The maximum Gasteiger partial charge on any atom is 0.257 e. The maximum absolute atomic E-state index is 12.1. The number of aryl methyl sites for hydroxylation is 1. The lowest BCUT2D eigenvalue weighted by atomic mass is 10.2. The number of nitrogens with zero attached hydrogens (tertiary/aromatic N) is 1. The number of rotatable bonds is 5. The van der Waals surface area contributed by atoms with Gasteiger partial charge in [-0.05, 0) is 13.0 Å². The maximum atomic E-state index is 12.1. The first-order valence-electron chi connectivity index (χ1n) is 5.16. The van der Waals surface area contributed by atoms with Gasteiger partial charge in [0.2, 0.25) is 0 Å². The molecular weight excluding hydrogens is 258 g/mol. The number of alkyl halides is 1. The number of furan rings is 1. The van der Waals surface area contributed by atoms with Crippen LogP contribution in [0.25, 0.3) is 0 Å². The second-order valence-corrected chi connectivity index (χ2v) is 3.98. The Hall–Kier alpha value is -0.770. The van der Waals surface area contributed by atoms with Gasteiger partial charge in [0, 0.05) is 24.8 Å². The number of carbonyl (C=O) groups excluding carboxylic acids is 1. The fourth-order valence-electron chi connectivity index (χ4n) is 1.48. The molecule has 0 spiro atoms. The summed E-state index contributed by atoms with van der Waals surface area (Å²) in [6, 6.07) is 1.75. The van der Waals surface area contributed by atoms with Crippen molar-refractivity contribution in [3.63, 3.8) is 0 Å². The zero-order valence-corrected chi connectivity index (χ0v) is 10.7. The first-order chi connectivity index (χ1) is 7.24. The number of carbonyl (C=O) groups is 1. The molecule has 84 valence electrons. The van der Waals surface area contributed by atoms with Gasteiger partial charge in [0.25, 0.3) is 5.91 Å². The summed E-state index contributed by atoms with van der Waals surface area (Å²) in [6.07, 6.45) is 2.33. The molecule has 1 aromatic heterocycles. The third kappa shape index (κ3) is 2.84. The van der Waals surface area contributed by atoms with Gasteiger partial charge in [-0.2, -0.15) is 0 Å². The summed E-state index contributed by atoms with van der Waals surface area (Å²) < 4.78 is 5.25. The van der Waals surface area contributed by atoms with E-state index in [4.69, 9.17) is 4.42 Å². The Labute approximate surface area is 98.6 Å². The molecule has 0 radical (unpaired) electrons. The summed E-state index contributed by atoms with van der Waals surface area (Å²) in [5.74, 6) is 0.829. The van der Waals surface area contributed by atoms with E-state index in [0.717, 1.165) is 30.6 Å². The van der Waals surface area contributed by atoms with E-state index in [9.17, 15) is 4.79 Å². The highest BCUT2D eigenvalue weighted by Gasteiger charge is 2.18. The number of hydrogen-bond donors (Lipinski definition) is 0. The average molecular weight is 274 g/mol. The molecule has 0 aliphatic heterocycles. The second kappa shape index (κ2) is 5.95. The van der Waals surface area contributed by atoms with Crippen molar-refractivity contribution >= 4 is 21.8 Å². The third-order valence-corrected chi connectivity index (χ3v) is 2.67. The molecule has 1 aromatic rings. The molecule has 0 atom stereocenters. The average Bonchev–Trinajstić information content (AvgIpc) is 2.72. The van der Waals surface area contributed by atoms with Crippen LogP contribution >= 0.6 is 15.9 Å². The minimum atomic E-state index is 0.0579. The molecule has 0 aromatic carbocycles. The van der Waals surface area contributed by atoms with Crippen molar-refractivity contribution < 1.29 is 9.21 Å². The Kier molecular flexibility index (Phi) is 4.88. The summed E-state index contributed by atoms with van der Waals surface area (Å²) in [4.78, 5) is 13.9. The largest absolute Gasteiger partial charge is 0.469 e. The first kappa shape index (κ1) is 12.3. The van der Waals surface area contributed by atoms with Gasteiger partial charge in [0.05, 0.1) is 11.8 Å². The van der Waals surface area contributed by atoms with Gasteiger partial charge in [-0.15, -0.1) is 0 Å². The summed E-state index contributed by atoms with van der Waals surface area (Å²) in [7, 11) is 0. The smallest absolute Gasteiger partial charge is 0.257 e. The van der Waals surface area contributed by atoms with Gasteiger partial charge in [-0.3, -0.25) is 4.79 Å². The van der Waals surface area contributed by atoms with Crippen LogP contribution in [0.3, 0.4) is 0 Å². The van der Waals surface area contributed by atoms with Crippen LogP contribution in [0.4, 0.5) is 0 Å². The Bertz CT molecular complexity index is 322. The van der Waals surface area contributed by atoms with Gasteiger partial charge >= 0.3 is 0 Å². The lowest BCUT2D eigenvalue weighted by molar-refractivity contribution is 0.0772. The Morgan fingerprint density at radius 3 is 2.80 bits per heavy atom. The highest BCUT2D eigenvalue weighted by molar-refractivity contribution is 9.09. The predicted molar refractivity (Wildman–Crippen MR) is 63.5 cm³/mol. The third-order valence-electron chi connectivity index (χ3n) is 2.32. The molecular formula is C11H16BrNO2. The molecule has 0 unspecified atom stereocenters. The molecule has 4 heteroatoms. The molecule has 1 amide bonds. The molecule has 0 saturated heterocycles. The van der Waals surface area contributed by atoms with E-state index in [-0.39, 0.29) is 5.91 Å². The van der Waals surface area contributed by atoms with E-state index in [1.807, 2.05) is 13.8 Å². The van der Waals surface area contributed by atoms with Gasteiger partial charge < -0.3 is 9.32 Å². The van der Waals surface area contributed by atoms with Gasteiger partial charge in [-0.25, -0.2) is 0 Å². The van der Waals surface area contributed by atoms with Crippen LogP contribution in [0.1, 0.15) is 30.0 Å². The van der Waals surface area contributed by atoms with Crippen LogP contribution in [0.15, 0.2) is 16.7 Å². The van der Waals surface area contributed by atoms with Crippen molar-refractivity contribution in [3.05, 3.63) is 23.7 Å². The number of amides is 1. The van der Waals surface area contributed by atoms with E-state index in [2.05, 4.69) is 15.9 Å².